The van der Waals surface area contributed by atoms with Crippen molar-refractivity contribution in [3.8, 4) is 0 Å². The summed E-state index contributed by atoms with van der Waals surface area (Å²) in [5.74, 6) is -1.48. The lowest BCUT2D eigenvalue weighted by atomic mass is 10.1. The highest BCUT2D eigenvalue weighted by Crippen LogP contribution is 2.21. The van der Waals surface area contributed by atoms with Crippen LogP contribution in [0.25, 0.3) is 0 Å². The fraction of sp³-hybridized carbons (Fsp3) is 0.348. The molecule has 7 heteroatoms. The Morgan fingerprint density at radius 2 is 1.83 bits per heavy atom. The largest absolute Gasteiger partial charge is 0.354 e. The van der Waals surface area contributed by atoms with Crippen LogP contribution in [-0.4, -0.2) is 41.8 Å². The van der Waals surface area contributed by atoms with Crippen LogP contribution >= 0.6 is 0 Å². The number of hydrogen-bond donors (Lipinski definition) is 2. The third-order valence-corrected chi connectivity index (χ3v) is 5.15. The van der Waals surface area contributed by atoms with Crippen molar-refractivity contribution in [3.05, 3.63) is 65.5 Å². The predicted octanol–water partition coefficient (Wildman–Crippen LogP) is 3.60. The highest BCUT2D eigenvalue weighted by atomic mass is 19.1. The van der Waals surface area contributed by atoms with Crippen molar-refractivity contribution in [2.45, 2.75) is 38.6 Å². The van der Waals surface area contributed by atoms with Crippen molar-refractivity contribution >= 4 is 23.4 Å². The second-order valence-electron chi connectivity index (χ2n) is 7.31. The molecule has 0 spiro atoms. The van der Waals surface area contributed by atoms with Gasteiger partial charge in [0.15, 0.2) is 0 Å². The van der Waals surface area contributed by atoms with Crippen molar-refractivity contribution < 1.29 is 18.8 Å². The van der Waals surface area contributed by atoms with Crippen molar-refractivity contribution in [2.75, 3.05) is 18.4 Å². The molecule has 3 rings (SSSR count). The van der Waals surface area contributed by atoms with Crippen LogP contribution in [0, 0.1) is 5.82 Å². The van der Waals surface area contributed by atoms with Crippen molar-refractivity contribution in [1.29, 1.82) is 0 Å². The topological polar surface area (TPSA) is 78.5 Å². The summed E-state index contributed by atoms with van der Waals surface area (Å²) in [6, 6.07) is 11.7. The Hall–Kier alpha value is -3.22. The zero-order valence-corrected chi connectivity index (χ0v) is 17.0. The van der Waals surface area contributed by atoms with E-state index in [9.17, 15) is 18.8 Å². The molecule has 2 aromatic carbocycles. The van der Waals surface area contributed by atoms with E-state index in [0.717, 1.165) is 19.3 Å². The maximum Gasteiger partial charge on any atom is 0.258 e. The second kappa shape index (κ2) is 10.0. The Morgan fingerprint density at radius 3 is 2.53 bits per heavy atom. The van der Waals surface area contributed by atoms with E-state index in [-0.39, 0.29) is 17.4 Å². The molecule has 2 N–H and O–H groups in total. The maximum absolute atomic E-state index is 13.7. The van der Waals surface area contributed by atoms with Crippen LogP contribution in [0.3, 0.4) is 0 Å². The molecule has 2 aromatic rings. The number of carbonyl (C=O) groups excluding carboxylic acids is 3. The molecule has 0 aromatic heterocycles. The number of anilines is 1. The summed E-state index contributed by atoms with van der Waals surface area (Å²) in [5, 5.41) is 5.52. The molecule has 158 valence electrons. The van der Waals surface area contributed by atoms with E-state index >= 15 is 0 Å². The van der Waals surface area contributed by atoms with Gasteiger partial charge >= 0.3 is 0 Å². The highest BCUT2D eigenvalue weighted by Gasteiger charge is 2.34. The van der Waals surface area contributed by atoms with E-state index in [4.69, 9.17) is 0 Å². The molecule has 1 atom stereocenters. The molecule has 1 saturated heterocycles. The Balaban J connectivity index is 1.64. The quantitative estimate of drug-likeness (QED) is 0.684. The Kier molecular flexibility index (Phi) is 7.17. The number of rotatable bonds is 7. The second-order valence-corrected chi connectivity index (χ2v) is 7.31. The summed E-state index contributed by atoms with van der Waals surface area (Å²) in [5.41, 5.74) is 0.842. The molecule has 0 bridgehead atoms. The minimum atomic E-state index is -0.598. The van der Waals surface area contributed by atoms with Crippen LogP contribution in [0.2, 0.25) is 0 Å². The molecule has 0 aliphatic carbocycles. The Morgan fingerprint density at radius 1 is 1.10 bits per heavy atom. The molecule has 1 unspecified atom stereocenters. The van der Waals surface area contributed by atoms with Gasteiger partial charge in [0, 0.05) is 24.3 Å². The normalized spacial score (nSPS) is 15.7. The standard InChI is InChI=1S/C23H26FN3O3/c1-2-3-14-25-22(29)20-9-6-15-27(20)23(30)16-10-12-17(13-11-16)26-21(28)18-7-4-5-8-19(18)24/h4-5,7-8,10-13,20H,2-3,6,9,14-15H2,1H3,(H,25,29)(H,26,28). The minimum Gasteiger partial charge on any atom is -0.354 e. The molecule has 0 radical (unpaired) electrons. The van der Waals surface area contributed by atoms with Crippen molar-refractivity contribution in [3.63, 3.8) is 0 Å². The number of likely N-dealkylation sites (tertiary alicyclic amines) is 1. The zero-order chi connectivity index (χ0) is 21.5. The average Bonchev–Trinajstić information content (AvgIpc) is 3.24. The van der Waals surface area contributed by atoms with Crippen LogP contribution < -0.4 is 10.6 Å². The smallest absolute Gasteiger partial charge is 0.258 e. The van der Waals surface area contributed by atoms with E-state index in [1.807, 2.05) is 0 Å². The lowest BCUT2D eigenvalue weighted by Crippen LogP contribution is -2.46. The number of nitrogens with zero attached hydrogens (tertiary/aromatic N) is 1. The van der Waals surface area contributed by atoms with Gasteiger partial charge in [-0.1, -0.05) is 25.5 Å². The number of nitrogens with one attached hydrogen (secondary N) is 2. The van der Waals surface area contributed by atoms with E-state index in [1.165, 1.54) is 18.2 Å². The van der Waals surface area contributed by atoms with Crippen LogP contribution in [0.15, 0.2) is 48.5 Å². The first-order valence-electron chi connectivity index (χ1n) is 10.3. The average molecular weight is 411 g/mol. The minimum absolute atomic E-state index is 0.0494. The molecular formula is C23H26FN3O3. The summed E-state index contributed by atoms with van der Waals surface area (Å²) in [6.07, 6.45) is 3.34. The SMILES string of the molecule is CCCCNC(=O)C1CCCN1C(=O)c1ccc(NC(=O)c2ccccc2F)cc1. The maximum atomic E-state index is 13.7. The van der Waals surface area contributed by atoms with Gasteiger partial charge in [-0.05, 0) is 55.7 Å². The summed E-state index contributed by atoms with van der Waals surface area (Å²) in [7, 11) is 0. The first-order chi connectivity index (χ1) is 14.5. The summed E-state index contributed by atoms with van der Waals surface area (Å²) < 4.78 is 13.7. The number of hydrogen-bond acceptors (Lipinski definition) is 3. The lowest BCUT2D eigenvalue weighted by Gasteiger charge is -2.24. The van der Waals surface area contributed by atoms with Gasteiger partial charge < -0.3 is 15.5 Å². The molecule has 3 amide bonds. The van der Waals surface area contributed by atoms with E-state index in [0.29, 0.717) is 30.8 Å². The van der Waals surface area contributed by atoms with Gasteiger partial charge in [0.05, 0.1) is 5.56 Å². The molecule has 1 fully saturated rings. The van der Waals surface area contributed by atoms with Gasteiger partial charge in [0.2, 0.25) is 5.91 Å². The third kappa shape index (κ3) is 5.03. The molecule has 1 aliphatic heterocycles. The van der Waals surface area contributed by atoms with Crippen molar-refractivity contribution in [1.82, 2.24) is 10.2 Å². The van der Waals surface area contributed by atoms with Crippen LogP contribution in [-0.2, 0) is 4.79 Å². The first-order valence-corrected chi connectivity index (χ1v) is 10.3. The fourth-order valence-corrected chi connectivity index (χ4v) is 3.49. The van der Waals surface area contributed by atoms with Gasteiger partial charge in [-0.2, -0.15) is 0 Å². The summed E-state index contributed by atoms with van der Waals surface area (Å²) in [4.78, 5) is 39.1. The first kappa shape index (κ1) is 21.5. The Bertz CT molecular complexity index is 914. The molecular weight excluding hydrogens is 385 g/mol. The Labute approximate surface area is 175 Å². The van der Waals surface area contributed by atoms with Crippen molar-refractivity contribution in [2.24, 2.45) is 0 Å². The van der Waals surface area contributed by atoms with Gasteiger partial charge in [-0.25, -0.2) is 4.39 Å². The number of amides is 3. The summed E-state index contributed by atoms with van der Waals surface area (Å²) >= 11 is 0. The van der Waals surface area contributed by atoms with Crippen LogP contribution in [0.4, 0.5) is 10.1 Å². The molecule has 30 heavy (non-hydrogen) atoms. The van der Waals surface area contributed by atoms with E-state index in [2.05, 4.69) is 17.6 Å². The molecule has 1 heterocycles. The molecule has 1 aliphatic rings. The number of benzene rings is 2. The number of unbranched alkanes of at least 4 members (excludes halogenated alkanes) is 1. The van der Waals surface area contributed by atoms with Gasteiger partial charge in [0.25, 0.3) is 11.8 Å². The molecule has 6 nitrogen and oxygen atoms in total. The highest BCUT2D eigenvalue weighted by molar-refractivity contribution is 6.05. The van der Waals surface area contributed by atoms with E-state index < -0.39 is 17.8 Å². The van der Waals surface area contributed by atoms with Crippen LogP contribution in [0.5, 0.6) is 0 Å². The fourth-order valence-electron chi connectivity index (χ4n) is 3.49. The zero-order valence-electron chi connectivity index (χ0n) is 17.0. The number of carbonyl (C=O) groups is 3. The predicted molar refractivity (Wildman–Crippen MR) is 113 cm³/mol. The van der Waals surface area contributed by atoms with Crippen LogP contribution in [0.1, 0.15) is 53.3 Å². The van der Waals surface area contributed by atoms with Gasteiger partial charge in [-0.15, -0.1) is 0 Å². The van der Waals surface area contributed by atoms with E-state index in [1.54, 1.807) is 35.2 Å². The van der Waals surface area contributed by atoms with Gasteiger partial charge in [-0.3, -0.25) is 14.4 Å². The molecule has 0 saturated carbocycles. The van der Waals surface area contributed by atoms with Gasteiger partial charge in [0.1, 0.15) is 11.9 Å². The lowest BCUT2D eigenvalue weighted by molar-refractivity contribution is -0.124. The monoisotopic (exact) mass is 411 g/mol. The third-order valence-electron chi connectivity index (χ3n) is 5.15. The number of halogens is 1. The summed E-state index contributed by atoms with van der Waals surface area (Å²) in [6.45, 7) is 3.21.